The van der Waals surface area contributed by atoms with Crippen molar-refractivity contribution in [2.75, 3.05) is 13.1 Å². The van der Waals surface area contributed by atoms with E-state index in [-0.39, 0.29) is 5.92 Å². The fraction of sp³-hybridized carbons (Fsp3) is 0.417. The Bertz CT molecular complexity index is 365. The first-order valence-corrected chi connectivity index (χ1v) is 4.98. The molecule has 0 saturated carbocycles. The molecule has 2 nitrogen and oxygen atoms in total. The third-order valence-corrected chi connectivity index (χ3v) is 2.85. The van der Waals surface area contributed by atoms with Gasteiger partial charge in [-0.25, -0.2) is 0 Å². The van der Waals surface area contributed by atoms with Crippen LogP contribution < -0.4 is 5.32 Å². The van der Waals surface area contributed by atoms with E-state index in [1.165, 1.54) is 11.1 Å². The molecule has 1 fully saturated rings. The van der Waals surface area contributed by atoms with E-state index in [2.05, 4.69) is 42.6 Å². The topological polar surface area (TPSA) is 35.8 Å². The van der Waals surface area contributed by atoms with E-state index in [4.69, 9.17) is 5.26 Å². The lowest BCUT2D eigenvalue weighted by Gasteiger charge is -2.12. The number of nitrogens with one attached hydrogen (secondary N) is 1. The molecule has 0 spiro atoms. The molecular weight excluding hydrogens is 172 g/mol. The van der Waals surface area contributed by atoms with Crippen LogP contribution in [0.3, 0.4) is 0 Å². The fourth-order valence-electron chi connectivity index (χ4n) is 2.07. The summed E-state index contributed by atoms with van der Waals surface area (Å²) >= 11 is 0. The molecule has 1 heterocycles. The minimum Gasteiger partial charge on any atom is -0.315 e. The van der Waals surface area contributed by atoms with Gasteiger partial charge in [-0.2, -0.15) is 5.26 Å². The SMILES string of the molecule is Cc1cccc([C@@H]2CNC[C@@H]2C#N)c1. The maximum atomic E-state index is 8.98. The van der Waals surface area contributed by atoms with Gasteiger partial charge in [-0.05, 0) is 12.5 Å². The first-order chi connectivity index (χ1) is 6.81. The van der Waals surface area contributed by atoms with Crippen LogP contribution in [0.5, 0.6) is 0 Å². The molecule has 1 saturated heterocycles. The Morgan fingerprint density at radius 2 is 2.29 bits per heavy atom. The van der Waals surface area contributed by atoms with Crippen molar-refractivity contribution in [3.63, 3.8) is 0 Å². The number of benzene rings is 1. The molecular formula is C12H14N2. The number of hydrogen-bond acceptors (Lipinski definition) is 2. The van der Waals surface area contributed by atoms with E-state index in [9.17, 15) is 0 Å². The number of rotatable bonds is 1. The van der Waals surface area contributed by atoms with Crippen LogP contribution in [0.1, 0.15) is 17.0 Å². The lowest BCUT2D eigenvalue weighted by Crippen LogP contribution is -2.08. The minimum atomic E-state index is 0.136. The van der Waals surface area contributed by atoms with Gasteiger partial charge in [0, 0.05) is 19.0 Å². The molecule has 0 radical (unpaired) electrons. The van der Waals surface area contributed by atoms with Crippen molar-refractivity contribution in [1.82, 2.24) is 5.32 Å². The average molecular weight is 186 g/mol. The largest absolute Gasteiger partial charge is 0.315 e. The predicted molar refractivity (Wildman–Crippen MR) is 55.9 cm³/mol. The molecule has 0 bridgehead atoms. The normalized spacial score (nSPS) is 26.0. The lowest BCUT2D eigenvalue weighted by atomic mass is 9.89. The molecule has 72 valence electrons. The van der Waals surface area contributed by atoms with E-state index < -0.39 is 0 Å². The first kappa shape index (κ1) is 9.23. The van der Waals surface area contributed by atoms with Gasteiger partial charge in [0.15, 0.2) is 0 Å². The average Bonchev–Trinajstić information content (AvgIpc) is 2.65. The standard InChI is InChI=1S/C12H14N2/c1-9-3-2-4-10(5-9)12-8-14-7-11(12)6-13/h2-5,11-12,14H,7-8H2,1H3/t11-,12-/m0/s1. The monoisotopic (exact) mass is 186 g/mol. The van der Waals surface area contributed by atoms with Crippen LogP contribution in [-0.2, 0) is 0 Å². The molecule has 1 aromatic carbocycles. The first-order valence-electron chi connectivity index (χ1n) is 4.98. The van der Waals surface area contributed by atoms with Crippen molar-refractivity contribution in [2.45, 2.75) is 12.8 Å². The fourth-order valence-corrected chi connectivity index (χ4v) is 2.07. The van der Waals surface area contributed by atoms with Crippen molar-refractivity contribution in [3.8, 4) is 6.07 Å². The van der Waals surface area contributed by atoms with Crippen molar-refractivity contribution >= 4 is 0 Å². The molecule has 1 aromatic rings. The summed E-state index contributed by atoms with van der Waals surface area (Å²) in [7, 11) is 0. The quantitative estimate of drug-likeness (QED) is 0.726. The van der Waals surface area contributed by atoms with Gasteiger partial charge in [-0.1, -0.05) is 29.8 Å². The van der Waals surface area contributed by atoms with Gasteiger partial charge in [0.25, 0.3) is 0 Å². The molecule has 2 rings (SSSR count). The van der Waals surface area contributed by atoms with Gasteiger partial charge >= 0.3 is 0 Å². The third-order valence-electron chi connectivity index (χ3n) is 2.85. The highest BCUT2D eigenvalue weighted by Crippen LogP contribution is 2.27. The molecule has 14 heavy (non-hydrogen) atoms. The molecule has 2 heteroatoms. The minimum absolute atomic E-state index is 0.136. The summed E-state index contributed by atoms with van der Waals surface area (Å²) in [5.41, 5.74) is 2.56. The third kappa shape index (κ3) is 1.64. The van der Waals surface area contributed by atoms with Crippen LogP contribution in [-0.4, -0.2) is 13.1 Å². The second-order valence-corrected chi connectivity index (χ2v) is 3.91. The highest BCUT2D eigenvalue weighted by atomic mass is 14.9. The Kier molecular flexibility index (Phi) is 2.51. The zero-order chi connectivity index (χ0) is 9.97. The summed E-state index contributed by atoms with van der Waals surface area (Å²) in [6.45, 7) is 3.85. The second-order valence-electron chi connectivity index (χ2n) is 3.91. The molecule has 1 aliphatic rings. The van der Waals surface area contributed by atoms with Gasteiger partial charge in [-0.15, -0.1) is 0 Å². The summed E-state index contributed by atoms with van der Waals surface area (Å²) in [5.74, 6) is 0.511. The van der Waals surface area contributed by atoms with Crippen molar-refractivity contribution in [3.05, 3.63) is 35.4 Å². The van der Waals surface area contributed by atoms with Crippen molar-refractivity contribution in [2.24, 2.45) is 5.92 Å². The van der Waals surface area contributed by atoms with Gasteiger partial charge in [0.05, 0.1) is 12.0 Å². The Morgan fingerprint density at radius 1 is 1.43 bits per heavy atom. The highest BCUT2D eigenvalue weighted by molar-refractivity contribution is 5.28. The molecule has 0 aliphatic carbocycles. The second kappa shape index (κ2) is 3.81. The summed E-state index contributed by atoms with van der Waals surface area (Å²) in [6, 6.07) is 10.8. The van der Waals surface area contributed by atoms with Crippen LogP contribution in [0.4, 0.5) is 0 Å². The van der Waals surface area contributed by atoms with Crippen LogP contribution in [0.15, 0.2) is 24.3 Å². The smallest absolute Gasteiger partial charge is 0.0676 e. The van der Waals surface area contributed by atoms with Crippen molar-refractivity contribution in [1.29, 1.82) is 5.26 Å². The molecule has 0 amide bonds. The van der Waals surface area contributed by atoms with Crippen LogP contribution in [0, 0.1) is 24.2 Å². The van der Waals surface area contributed by atoms with E-state index in [0.29, 0.717) is 5.92 Å². The van der Waals surface area contributed by atoms with Gasteiger partial charge < -0.3 is 5.32 Å². The summed E-state index contributed by atoms with van der Waals surface area (Å²) in [4.78, 5) is 0. The molecule has 1 N–H and O–H groups in total. The molecule has 0 unspecified atom stereocenters. The zero-order valence-electron chi connectivity index (χ0n) is 8.33. The summed E-state index contributed by atoms with van der Waals surface area (Å²) < 4.78 is 0. The summed E-state index contributed by atoms with van der Waals surface area (Å²) in [5, 5.41) is 12.2. The van der Waals surface area contributed by atoms with E-state index in [1.807, 2.05) is 0 Å². The van der Waals surface area contributed by atoms with E-state index in [0.717, 1.165) is 13.1 Å². The zero-order valence-corrected chi connectivity index (χ0v) is 8.33. The van der Waals surface area contributed by atoms with Gasteiger partial charge in [0.2, 0.25) is 0 Å². The number of hydrogen-bond donors (Lipinski definition) is 1. The Hall–Kier alpha value is -1.33. The summed E-state index contributed by atoms with van der Waals surface area (Å²) in [6.07, 6.45) is 0. The molecule has 2 atom stereocenters. The van der Waals surface area contributed by atoms with Crippen LogP contribution >= 0.6 is 0 Å². The Balaban J connectivity index is 2.27. The number of aryl methyl sites for hydroxylation is 1. The Morgan fingerprint density at radius 3 is 3.00 bits per heavy atom. The van der Waals surface area contributed by atoms with Crippen molar-refractivity contribution < 1.29 is 0 Å². The van der Waals surface area contributed by atoms with Crippen LogP contribution in [0.2, 0.25) is 0 Å². The van der Waals surface area contributed by atoms with E-state index in [1.54, 1.807) is 0 Å². The molecule has 0 aromatic heterocycles. The Labute approximate surface area is 84.6 Å². The van der Waals surface area contributed by atoms with E-state index >= 15 is 0 Å². The van der Waals surface area contributed by atoms with Gasteiger partial charge in [0.1, 0.15) is 0 Å². The maximum Gasteiger partial charge on any atom is 0.0676 e. The lowest BCUT2D eigenvalue weighted by molar-refractivity contribution is 0.646. The molecule has 1 aliphatic heterocycles. The maximum absolute atomic E-state index is 8.98. The highest BCUT2D eigenvalue weighted by Gasteiger charge is 2.27. The van der Waals surface area contributed by atoms with Crippen LogP contribution in [0.25, 0.3) is 0 Å². The number of nitriles is 1. The predicted octanol–water partition coefficient (Wildman–Crippen LogP) is 1.82. The number of nitrogens with zero attached hydrogens (tertiary/aromatic N) is 1. The van der Waals surface area contributed by atoms with Gasteiger partial charge in [-0.3, -0.25) is 0 Å².